The summed E-state index contributed by atoms with van der Waals surface area (Å²) in [5, 5.41) is 8.87. The van der Waals surface area contributed by atoms with Gasteiger partial charge in [0.15, 0.2) is 5.69 Å². The molecule has 0 atom stereocenters. The van der Waals surface area contributed by atoms with E-state index in [2.05, 4.69) is 9.71 Å². The minimum absolute atomic E-state index is 0.169. The van der Waals surface area contributed by atoms with E-state index >= 15 is 0 Å². The van der Waals surface area contributed by atoms with Crippen LogP contribution in [0.4, 0.5) is 10.1 Å². The third-order valence-electron chi connectivity index (χ3n) is 2.53. The first-order valence-electron chi connectivity index (χ1n) is 5.58. The standard InChI is InChI=1S/C13H10FN3O2S/c1-9-4-5-10(14)11(7-9)17-20(18,19)13-3-2-6-16-12(13)8-15/h2-7,17H,1H3. The van der Waals surface area contributed by atoms with Crippen LogP contribution in [0.25, 0.3) is 0 Å². The Balaban J connectivity index is 2.47. The Morgan fingerprint density at radius 3 is 2.80 bits per heavy atom. The molecule has 20 heavy (non-hydrogen) atoms. The van der Waals surface area contributed by atoms with Gasteiger partial charge in [-0.15, -0.1) is 0 Å². The zero-order valence-electron chi connectivity index (χ0n) is 10.5. The Morgan fingerprint density at radius 1 is 1.35 bits per heavy atom. The third kappa shape index (κ3) is 2.75. The van der Waals surface area contributed by atoms with Gasteiger partial charge in [-0.3, -0.25) is 4.72 Å². The van der Waals surface area contributed by atoms with E-state index < -0.39 is 15.8 Å². The van der Waals surface area contributed by atoms with Gasteiger partial charge in [-0.2, -0.15) is 5.26 Å². The molecule has 0 aliphatic rings. The van der Waals surface area contributed by atoms with Crippen LogP contribution in [0.15, 0.2) is 41.4 Å². The van der Waals surface area contributed by atoms with Gasteiger partial charge in [0, 0.05) is 6.20 Å². The van der Waals surface area contributed by atoms with Gasteiger partial charge < -0.3 is 0 Å². The average Bonchev–Trinajstić information content (AvgIpc) is 2.42. The summed E-state index contributed by atoms with van der Waals surface area (Å²) in [4.78, 5) is 3.38. The molecule has 0 saturated carbocycles. The lowest BCUT2D eigenvalue weighted by atomic mass is 10.2. The van der Waals surface area contributed by atoms with Gasteiger partial charge in [-0.05, 0) is 36.8 Å². The molecule has 2 aromatic rings. The molecule has 5 nitrogen and oxygen atoms in total. The third-order valence-corrected chi connectivity index (χ3v) is 3.93. The van der Waals surface area contributed by atoms with Crippen molar-refractivity contribution in [3.05, 3.63) is 53.6 Å². The van der Waals surface area contributed by atoms with Crippen LogP contribution >= 0.6 is 0 Å². The molecule has 1 aromatic carbocycles. The number of halogens is 1. The number of nitriles is 1. The fraction of sp³-hybridized carbons (Fsp3) is 0.0769. The van der Waals surface area contributed by atoms with E-state index in [-0.39, 0.29) is 16.3 Å². The maximum absolute atomic E-state index is 13.6. The summed E-state index contributed by atoms with van der Waals surface area (Å²) >= 11 is 0. The number of aryl methyl sites for hydroxylation is 1. The van der Waals surface area contributed by atoms with Crippen LogP contribution < -0.4 is 4.72 Å². The van der Waals surface area contributed by atoms with E-state index in [4.69, 9.17) is 5.26 Å². The van der Waals surface area contributed by atoms with Crippen molar-refractivity contribution in [1.82, 2.24) is 4.98 Å². The van der Waals surface area contributed by atoms with Crippen LogP contribution in [0.5, 0.6) is 0 Å². The number of anilines is 1. The van der Waals surface area contributed by atoms with Gasteiger partial charge >= 0.3 is 0 Å². The van der Waals surface area contributed by atoms with Gasteiger partial charge in [0.1, 0.15) is 16.8 Å². The number of nitrogens with zero attached hydrogens (tertiary/aromatic N) is 2. The quantitative estimate of drug-likeness (QED) is 0.939. The normalized spacial score (nSPS) is 10.8. The van der Waals surface area contributed by atoms with Gasteiger partial charge in [-0.25, -0.2) is 17.8 Å². The zero-order chi connectivity index (χ0) is 14.8. The van der Waals surface area contributed by atoms with Crippen molar-refractivity contribution >= 4 is 15.7 Å². The lowest BCUT2D eigenvalue weighted by Crippen LogP contribution is -2.16. The highest BCUT2D eigenvalue weighted by Gasteiger charge is 2.20. The number of pyridine rings is 1. The molecular formula is C13H10FN3O2S. The summed E-state index contributed by atoms with van der Waals surface area (Å²) in [5.74, 6) is -0.693. The Bertz CT molecular complexity index is 798. The van der Waals surface area contributed by atoms with Crippen molar-refractivity contribution in [1.29, 1.82) is 5.26 Å². The highest BCUT2D eigenvalue weighted by Crippen LogP contribution is 2.21. The van der Waals surface area contributed by atoms with Crippen LogP contribution in [0.3, 0.4) is 0 Å². The average molecular weight is 291 g/mol. The number of benzene rings is 1. The summed E-state index contributed by atoms with van der Waals surface area (Å²) in [6.45, 7) is 1.71. The first-order valence-corrected chi connectivity index (χ1v) is 7.06. The van der Waals surface area contributed by atoms with E-state index in [0.717, 1.165) is 0 Å². The van der Waals surface area contributed by atoms with Crippen molar-refractivity contribution in [2.75, 3.05) is 4.72 Å². The van der Waals surface area contributed by atoms with Crippen molar-refractivity contribution in [3.63, 3.8) is 0 Å². The minimum Gasteiger partial charge on any atom is -0.277 e. The molecule has 102 valence electrons. The topological polar surface area (TPSA) is 82.8 Å². The first kappa shape index (κ1) is 14.0. The number of nitrogens with one attached hydrogen (secondary N) is 1. The second-order valence-corrected chi connectivity index (χ2v) is 5.70. The number of rotatable bonds is 3. The molecule has 0 radical (unpaired) electrons. The SMILES string of the molecule is Cc1ccc(F)c(NS(=O)(=O)c2cccnc2C#N)c1. The molecule has 0 fully saturated rings. The summed E-state index contributed by atoms with van der Waals surface area (Å²) in [7, 11) is -4.07. The molecule has 0 bridgehead atoms. The van der Waals surface area contributed by atoms with Gasteiger partial charge in [0.2, 0.25) is 0 Å². The van der Waals surface area contributed by atoms with E-state index in [1.54, 1.807) is 13.0 Å². The van der Waals surface area contributed by atoms with Gasteiger partial charge in [0.05, 0.1) is 5.69 Å². The van der Waals surface area contributed by atoms with Crippen LogP contribution in [0, 0.1) is 24.1 Å². The summed E-state index contributed by atoms with van der Waals surface area (Å²) < 4.78 is 40.1. The predicted molar refractivity (Wildman–Crippen MR) is 70.9 cm³/mol. The Morgan fingerprint density at radius 2 is 2.10 bits per heavy atom. The Hall–Kier alpha value is -2.46. The molecule has 0 amide bonds. The summed E-state index contributed by atoms with van der Waals surface area (Å²) in [5.41, 5.74) is 0.293. The second kappa shape index (κ2) is 5.27. The smallest absolute Gasteiger partial charge is 0.264 e. The lowest BCUT2D eigenvalue weighted by molar-refractivity contribution is 0.598. The highest BCUT2D eigenvalue weighted by atomic mass is 32.2. The number of sulfonamides is 1. The monoisotopic (exact) mass is 291 g/mol. The first-order chi connectivity index (χ1) is 9.44. The second-order valence-electron chi connectivity index (χ2n) is 4.05. The van der Waals surface area contributed by atoms with Crippen molar-refractivity contribution in [2.24, 2.45) is 0 Å². The number of aromatic nitrogens is 1. The molecule has 1 aromatic heterocycles. The largest absolute Gasteiger partial charge is 0.277 e. The molecule has 0 spiro atoms. The van der Waals surface area contributed by atoms with E-state index in [9.17, 15) is 12.8 Å². The van der Waals surface area contributed by atoms with E-state index in [0.29, 0.717) is 5.56 Å². The van der Waals surface area contributed by atoms with Crippen LogP contribution in [0.1, 0.15) is 11.3 Å². The van der Waals surface area contributed by atoms with E-state index in [1.165, 1.54) is 36.5 Å². The molecule has 0 aliphatic carbocycles. The number of hydrogen-bond acceptors (Lipinski definition) is 4. The highest BCUT2D eigenvalue weighted by molar-refractivity contribution is 7.92. The molecule has 1 heterocycles. The van der Waals surface area contributed by atoms with Crippen LogP contribution in [0.2, 0.25) is 0 Å². The fourth-order valence-corrected chi connectivity index (χ4v) is 2.77. The predicted octanol–water partition coefficient (Wildman–Crippen LogP) is 2.20. The molecular weight excluding hydrogens is 281 g/mol. The van der Waals surface area contributed by atoms with Crippen LogP contribution in [-0.2, 0) is 10.0 Å². The Labute approximate surface area is 115 Å². The minimum atomic E-state index is -4.07. The van der Waals surface area contributed by atoms with Crippen molar-refractivity contribution < 1.29 is 12.8 Å². The molecule has 0 saturated heterocycles. The lowest BCUT2D eigenvalue weighted by Gasteiger charge is -2.10. The molecule has 7 heteroatoms. The number of hydrogen-bond donors (Lipinski definition) is 1. The van der Waals surface area contributed by atoms with Crippen molar-refractivity contribution in [3.8, 4) is 6.07 Å². The maximum atomic E-state index is 13.6. The molecule has 0 aliphatic heterocycles. The molecule has 0 unspecified atom stereocenters. The summed E-state index contributed by atoms with van der Waals surface area (Å²) in [6, 6.07) is 8.38. The Kier molecular flexibility index (Phi) is 3.68. The fourth-order valence-electron chi connectivity index (χ4n) is 1.61. The van der Waals surface area contributed by atoms with Crippen LogP contribution in [-0.4, -0.2) is 13.4 Å². The summed E-state index contributed by atoms with van der Waals surface area (Å²) in [6.07, 6.45) is 1.31. The van der Waals surface area contributed by atoms with E-state index in [1.807, 2.05) is 0 Å². The molecule has 1 N–H and O–H groups in total. The van der Waals surface area contributed by atoms with Crippen molar-refractivity contribution in [2.45, 2.75) is 11.8 Å². The van der Waals surface area contributed by atoms with Gasteiger partial charge in [-0.1, -0.05) is 6.07 Å². The molecule has 2 rings (SSSR count). The zero-order valence-corrected chi connectivity index (χ0v) is 11.3. The van der Waals surface area contributed by atoms with Gasteiger partial charge in [0.25, 0.3) is 10.0 Å². The maximum Gasteiger partial charge on any atom is 0.264 e.